The van der Waals surface area contributed by atoms with Gasteiger partial charge >= 0.3 is 12.1 Å². The summed E-state index contributed by atoms with van der Waals surface area (Å²) in [5.74, 6) is -0.853. The van der Waals surface area contributed by atoms with E-state index in [0.717, 1.165) is 7.11 Å². The van der Waals surface area contributed by atoms with Crippen LogP contribution in [0.2, 0.25) is 0 Å². The van der Waals surface area contributed by atoms with Gasteiger partial charge in [-0.1, -0.05) is 0 Å². The van der Waals surface area contributed by atoms with Crippen LogP contribution in [0.3, 0.4) is 0 Å². The van der Waals surface area contributed by atoms with Crippen LogP contribution in [0.5, 0.6) is 0 Å². The second-order valence-corrected chi connectivity index (χ2v) is 3.62. The number of alkyl halides is 3. The van der Waals surface area contributed by atoms with Crippen LogP contribution in [0.1, 0.15) is 20.4 Å². The monoisotopic (exact) mass is 225 g/mol. The number of rotatable bonds is 1. The number of halogens is 3. The van der Waals surface area contributed by atoms with Crippen molar-refractivity contribution in [2.75, 3.05) is 7.11 Å². The molecule has 1 aromatic rings. The quantitative estimate of drug-likeness (QED) is 0.688. The molecular weight excluding hydrogens is 219 g/mol. The lowest BCUT2D eigenvalue weighted by atomic mass is 10.4. The highest BCUT2D eigenvalue weighted by atomic mass is 32.1. The van der Waals surface area contributed by atoms with Crippen LogP contribution in [0.4, 0.5) is 13.2 Å². The van der Waals surface area contributed by atoms with Crippen molar-refractivity contribution < 1.29 is 22.7 Å². The first-order valence-corrected chi connectivity index (χ1v) is 4.31. The lowest BCUT2D eigenvalue weighted by Crippen LogP contribution is -2.07. The van der Waals surface area contributed by atoms with Gasteiger partial charge in [0.1, 0.15) is 0 Å². The van der Waals surface area contributed by atoms with Gasteiger partial charge in [0.25, 0.3) is 0 Å². The van der Waals surface area contributed by atoms with E-state index in [0.29, 0.717) is 11.3 Å². The Bertz CT molecular complexity index is 358. The number of hydrogen-bond acceptors (Lipinski definition) is 4. The maximum atomic E-state index is 12.1. The molecule has 1 rings (SSSR count). The molecule has 0 aliphatic carbocycles. The molecule has 0 aliphatic rings. The summed E-state index contributed by atoms with van der Waals surface area (Å²) in [4.78, 5) is 14.3. The Hall–Kier alpha value is -1.11. The molecular formula is C7H6F3NO2S. The van der Waals surface area contributed by atoms with E-state index in [4.69, 9.17) is 0 Å². The van der Waals surface area contributed by atoms with Gasteiger partial charge in [-0.05, 0) is 6.92 Å². The lowest BCUT2D eigenvalue weighted by Gasteiger charge is -1.98. The summed E-state index contributed by atoms with van der Waals surface area (Å²) in [5.41, 5.74) is -0.273. The Labute approximate surface area is 81.5 Å². The van der Waals surface area contributed by atoms with E-state index in [9.17, 15) is 18.0 Å². The normalized spacial score (nSPS) is 11.5. The summed E-state index contributed by atoms with van der Waals surface area (Å²) >= 11 is 0.428. The lowest BCUT2D eigenvalue weighted by molar-refractivity contribution is -0.137. The van der Waals surface area contributed by atoms with Crippen molar-refractivity contribution in [3.8, 4) is 0 Å². The molecule has 0 aliphatic heterocycles. The van der Waals surface area contributed by atoms with Crippen molar-refractivity contribution in [1.29, 1.82) is 0 Å². The zero-order valence-electron chi connectivity index (χ0n) is 7.31. The van der Waals surface area contributed by atoms with E-state index in [1.54, 1.807) is 0 Å². The zero-order chi connectivity index (χ0) is 10.9. The van der Waals surface area contributed by atoms with Crippen molar-refractivity contribution in [3.63, 3.8) is 0 Å². The third kappa shape index (κ3) is 2.03. The number of methoxy groups -OCH3 is 1. The number of thiazole rings is 1. The molecule has 0 radical (unpaired) electrons. The minimum atomic E-state index is -4.51. The van der Waals surface area contributed by atoms with Gasteiger partial charge in [-0.2, -0.15) is 13.2 Å². The van der Waals surface area contributed by atoms with Crippen LogP contribution < -0.4 is 0 Å². The minimum absolute atomic E-state index is 0.198. The van der Waals surface area contributed by atoms with Crippen molar-refractivity contribution in [2.45, 2.75) is 13.1 Å². The maximum absolute atomic E-state index is 12.1. The number of aromatic nitrogens is 1. The Balaban J connectivity index is 3.12. The average molecular weight is 225 g/mol. The van der Waals surface area contributed by atoms with Crippen LogP contribution in [0, 0.1) is 6.92 Å². The van der Waals surface area contributed by atoms with Gasteiger partial charge in [-0.25, -0.2) is 9.78 Å². The number of esters is 1. The molecule has 0 N–H and O–H groups in total. The molecule has 0 saturated carbocycles. The molecule has 14 heavy (non-hydrogen) atoms. The summed E-state index contributed by atoms with van der Waals surface area (Å²) in [7, 11) is 1.09. The summed E-state index contributed by atoms with van der Waals surface area (Å²) in [5, 5.41) is -1.03. The maximum Gasteiger partial charge on any atom is 0.443 e. The molecule has 7 heteroatoms. The van der Waals surface area contributed by atoms with Crippen molar-refractivity contribution in [1.82, 2.24) is 4.98 Å². The van der Waals surface area contributed by atoms with Crippen LogP contribution in [0.25, 0.3) is 0 Å². The van der Waals surface area contributed by atoms with Gasteiger partial charge in [0.15, 0.2) is 10.7 Å². The van der Waals surface area contributed by atoms with Gasteiger partial charge in [0.05, 0.1) is 7.11 Å². The zero-order valence-corrected chi connectivity index (χ0v) is 8.12. The molecule has 0 unspecified atom stereocenters. The largest absolute Gasteiger partial charge is 0.464 e. The minimum Gasteiger partial charge on any atom is -0.464 e. The molecule has 0 fully saturated rings. The molecule has 0 bridgehead atoms. The van der Waals surface area contributed by atoms with E-state index in [-0.39, 0.29) is 10.6 Å². The van der Waals surface area contributed by atoms with Crippen molar-refractivity contribution in [3.05, 3.63) is 15.6 Å². The van der Waals surface area contributed by atoms with Crippen molar-refractivity contribution in [2.24, 2.45) is 0 Å². The van der Waals surface area contributed by atoms with E-state index in [2.05, 4.69) is 9.72 Å². The average Bonchev–Trinajstić information content (AvgIpc) is 2.45. The topological polar surface area (TPSA) is 39.2 Å². The van der Waals surface area contributed by atoms with Gasteiger partial charge in [-0.15, -0.1) is 11.3 Å². The molecule has 0 spiro atoms. The van der Waals surface area contributed by atoms with Crippen molar-refractivity contribution >= 4 is 17.3 Å². The SMILES string of the molecule is COC(=O)c1nc(C(F)(F)F)sc1C. The number of aryl methyl sites for hydroxylation is 1. The highest BCUT2D eigenvalue weighted by Gasteiger charge is 2.36. The predicted molar refractivity (Wildman–Crippen MR) is 43.2 cm³/mol. The third-order valence-electron chi connectivity index (χ3n) is 1.42. The fourth-order valence-corrected chi connectivity index (χ4v) is 1.57. The number of hydrogen-bond donors (Lipinski definition) is 0. The van der Waals surface area contributed by atoms with Gasteiger partial charge in [-0.3, -0.25) is 0 Å². The van der Waals surface area contributed by atoms with E-state index in [1.165, 1.54) is 6.92 Å². The molecule has 1 aromatic heterocycles. The van der Waals surface area contributed by atoms with E-state index >= 15 is 0 Å². The van der Waals surface area contributed by atoms with Crippen LogP contribution in [0.15, 0.2) is 0 Å². The summed E-state index contributed by atoms with van der Waals surface area (Å²) in [6.07, 6.45) is -4.51. The first kappa shape index (κ1) is 11.0. The van der Waals surface area contributed by atoms with Crippen LogP contribution >= 0.6 is 11.3 Å². The molecule has 3 nitrogen and oxygen atoms in total. The standard InChI is InChI=1S/C7H6F3NO2S/c1-3-4(5(12)13-2)11-6(14-3)7(8,9)10/h1-2H3. The molecule has 0 atom stereocenters. The number of nitrogens with zero attached hydrogens (tertiary/aromatic N) is 1. The van der Waals surface area contributed by atoms with Crippen LogP contribution in [-0.4, -0.2) is 18.1 Å². The highest BCUT2D eigenvalue weighted by Crippen LogP contribution is 2.33. The van der Waals surface area contributed by atoms with Gasteiger partial charge < -0.3 is 4.74 Å². The Morgan fingerprint density at radius 3 is 2.43 bits per heavy atom. The summed E-state index contributed by atoms with van der Waals surface area (Å²) in [6.45, 7) is 1.39. The Morgan fingerprint density at radius 1 is 1.50 bits per heavy atom. The molecule has 0 amide bonds. The number of ether oxygens (including phenoxy) is 1. The molecule has 0 saturated heterocycles. The van der Waals surface area contributed by atoms with Gasteiger partial charge in [0.2, 0.25) is 0 Å². The first-order chi connectivity index (χ1) is 6.36. The fourth-order valence-electron chi connectivity index (χ4n) is 0.804. The number of carbonyl (C=O) groups excluding carboxylic acids is 1. The fraction of sp³-hybridized carbons (Fsp3) is 0.429. The predicted octanol–water partition coefficient (Wildman–Crippen LogP) is 2.26. The van der Waals surface area contributed by atoms with E-state index < -0.39 is 17.2 Å². The molecule has 0 aromatic carbocycles. The van der Waals surface area contributed by atoms with Crippen LogP contribution in [-0.2, 0) is 10.9 Å². The Morgan fingerprint density at radius 2 is 2.07 bits per heavy atom. The second-order valence-electron chi connectivity index (χ2n) is 2.41. The summed E-state index contributed by atoms with van der Waals surface area (Å²) in [6, 6.07) is 0. The Kier molecular flexibility index (Phi) is 2.79. The molecule has 1 heterocycles. The smallest absolute Gasteiger partial charge is 0.443 e. The van der Waals surface area contributed by atoms with Gasteiger partial charge in [0, 0.05) is 4.88 Å². The second kappa shape index (κ2) is 3.56. The van der Waals surface area contributed by atoms with E-state index in [1.807, 2.05) is 0 Å². The third-order valence-corrected chi connectivity index (χ3v) is 2.43. The molecule has 78 valence electrons. The highest BCUT2D eigenvalue weighted by molar-refractivity contribution is 7.12. The number of carbonyl (C=O) groups is 1. The first-order valence-electron chi connectivity index (χ1n) is 3.49. The summed E-state index contributed by atoms with van der Waals surface area (Å²) < 4.78 is 40.7.